The Labute approximate surface area is 317 Å². The van der Waals surface area contributed by atoms with Gasteiger partial charge in [-0.05, 0) is 41.8 Å². The van der Waals surface area contributed by atoms with Crippen molar-refractivity contribution >= 4 is 21.9 Å². The first kappa shape index (κ1) is 32.1. The predicted molar refractivity (Wildman–Crippen MR) is 221 cm³/mol. The molecule has 0 amide bonds. The molecule has 10 aromatic rings. The summed E-state index contributed by atoms with van der Waals surface area (Å²) in [5.41, 5.74) is 11.1. The van der Waals surface area contributed by atoms with E-state index in [0.717, 1.165) is 78.0 Å². The van der Waals surface area contributed by atoms with Gasteiger partial charge in [-0.25, -0.2) is 24.9 Å². The molecule has 6 heteroatoms. The van der Waals surface area contributed by atoms with E-state index in [1.54, 1.807) is 0 Å². The molecular weight excluding hydrogens is 675 g/mol. The van der Waals surface area contributed by atoms with Crippen molar-refractivity contribution in [3.8, 4) is 79.3 Å². The van der Waals surface area contributed by atoms with Gasteiger partial charge in [0.15, 0.2) is 17.2 Å². The van der Waals surface area contributed by atoms with Crippen molar-refractivity contribution in [1.82, 2.24) is 24.9 Å². The van der Waals surface area contributed by atoms with Gasteiger partial charge in [0.1, 0.15) is 5.52 Å². The van der Waals surface area contributed by atoms with E-state index >= 15 is 0 Å². The van der Waals surface area contributed by atoms with Crippen LogP contribution in [-0.4, -0.2) is 24.9 Å². The first-order valence-corrected chi connectivity index (χ1v) is 18.2. The van der Waals surface area contributed by atoms with E-state index in [1.165, 1.54) is 0 Å². The van der Waals surface area contributed by atoms with Crippen LogP contribution in [0.5, 0.6) is 0 Å². The van der Waals surface area contributed by atoms with E-state index in [0.29, 0.717) is 23.1 Å². The Balaban J connectivity index is 1.23. The molecule has 6 nitrogen and oxygen atoms in total. The van der Waals surface area contributed by atoms with E-state index in [-0.39, 0.29) is 0 Å². The van der Waals surface area contributed by atoms with Crippen LogP contribution in [0.3, 0.4) is 0 Å². The van der Waals surface area contributed by atoms with E-state index < -0.39 is 0 Å². The van der Waals surface area contributed by atoms with Crippen LogP contribution in [0.1, 0.15) is 0 Å². The van der Waals surface area contributed by atoms with Gasteiger partial charge in [-0.15, -0.1) is 0 Å². The third-order valence-corrected chi connectivity index (χ3v) is 9.71. The number of oxazole rings is 1. The molecule has 0 radical (unpaired) electrons. The molecule has 0 aliphatic rings. The van der Waals surface area contributed by atoms with Gasteiger partial charge in [-0.1, -0.05) is 152 Å². The highest BCUT2D eigenvalue weighted by Gasteiger charge is 2.19. The normalized spacial score (nSPS) is 11.3. The number of hydrogen-bond acceptors (Lipinski definition) is 6. The highest BCUT2D eigenvalue weighted by atomic mass is 16.3. The fraction of sp³-hybridized carbons (Fsp3) is 0. The monoisotopic (exact) mass is 705 g/mol. The largest absolute Gasteiger partial charge is 0.436 e. The lowest BCUT2D eigenvalue weighted by Gasteiger charge is -2.13. The van der Waals surface area contributed by atoms with Gasteiger partial charge < -0.3 is 4.42 Å². The van der Waals surface area contributed by atoms with Crippen LogP contribution in [0.4, 0.5) is 0 Å². The Hall–Kier alpha value is -7.57. The summed E-state index contributed by atoms with van der Waals surface area (Å²) < 4.78 is 6.52. The average molecular weight is 706 g/mol. The summed E-state index contributed by atoms with van der Waals surface area (Å²) in [6.45, 7) is 0. The summed E-state index contributed by atoms with van der Waals surface area (Å²) in [6.07, 6.45) is 0. The fourth-order valence-electron chi connectivity index (χ4n) is 6.97. The Morgan fingerprint density at radius 1 is 0.309 bits per heavy atom. The lowest BCUT2D eigenvalue weighted by molar-refractivity contribution is 0.620. The van der Waals surface area contributed by atoms with Crippen molar-refractivity contribution in [2.75, 3.05) is 0 Å². The molecule has 258 valence electrons. The molecule has 55 heavy (non-hydrogen) atoms. The number of benzene rings is 7. The molecule has 0 fully saturated rings. The number of rotatable bonds is 7. The van der Waals surface area contributed by atoms with Gasteiger partial charge >= 0.3 is 0 Å². The predicted octanol–water partition coefficient (Wildman–Crippen LogP) is 12.2. The molecule has 7 aromatic carbocycles. The lowest BCUT2D eigenvalue weighted by Crippen LogP contribution is -1.99. The van der Waals surface area contributed by atoms with Crippen molar-refractivity contribution in [3.63, 3.8) is 0 Å². The molecule has 0 aliphatic carbocycles. The zero-order chi connectivity index (χ0) is 36.6. The topological polar surface area (TPSA) is 77.6 Å². The third kappa shape index (κ3) is 6.32. The molecule has 0 saturated carbocycles. The Morgan fingerprint density at radius 3 is 1.16 bits per heavy atom. The first-order valence-electron chi connectivity index (χ1n) is 18.2. The molecule has 3 aromatic heterocycles. The van der Waals surface area contributed by atoms with Crippen molar-refractivity contribution in [1.29, 1.82) is 0 Å². The van der Waals surface area contributed by atoms with Crippen molar-refractivity contribution < 1.29 is 4.42 Å². The van der Waals surface area contributed by atoms with Gasteiger partial charge in [0.25, 0.3) is 0 Å². The molecule has 0 spiro atoms. The quantitative estimate of drug-likeness (QED) is 0.164. The van der Waals surface area contributed by atoms with Crippen molar-refractivity contribution in [2.45, 2.75) is 0 Å². The van der Waals surface area contributed by atoms with Crippen molar-refractivity contribution in [2.24, 2.45) is 0 Å². The average Bonchev–Trinajstić information content (AvgIpc) is 3.73. The maximum absolute atomic E-state index is 6.52. The van der Waals surface area contributed by atoms with Gasteiger partial charge in [-0.2, -0.15) is 0 Å². The molecule has 10 rings (SSSR count). The zero-order valence-electron chi connectivity index (χ0n) is 29.5. The Kier molecular flexibility index (Phi) is 8.04. The van der Waals surface area contributed by atoms with Gasteiger partial charge in [-0.3, -0.25) is 0 Å². The number of nitrogens with zero attached hydrogens (tertiary/aromatic N) is 5. The highest BCUT2D eigenvalue weighted by Crippen LogP contribution is 2.37. The smallest absolute Gasteiger partial charge is 0.227 e. The summed E-state index contributed by atoms with van der Waals surface area (Å²) in [6, 6.07) is 63.3. The second kappa shape index (κ2) is 13.8. The maximum atomic E-state index is 6.52. The van der Waals surface area contributed by atoms with E-state index in [9.17, 15) is 0 Å². The van der Waals surface area contributed by atoms with Crippen LogP contribution in [0.15, 0.2) is 192 Å². The number of fused-ring (bicyclic) bond motifs is 3. The first-order chi connectivity index (χ1) is 27.2. The molecule has 0 atom stereocenters. The fourth-order valence-corrected chi connectivity index (χ4v) is 6.97. The summed E-state index contributed by atoms with van der Waals surface area (Å²) >= 11 is 0. The van der Waals surface area contributed by atoms with Gasteiger partial charge in [0.05, 0.1) is 22.8 Å². The summed E-state index contributed by atoms with van der Waals surface area (Å²) in [4.78, 5) is 25.8. The van der Waals surface area contributed by atoms with Crippen LogP contribution in [0.2, 0.25) is 0 Å². The molecule has 0 unspecified atom stereocenters. The standard InChI is InChI=1S/C49H31N5O/c1-5-16-33(17-6-1)41-30-42(34-18-7-2-8-19-34)51-47(50-41)37-27-38(29-39(28-37)49-54-46-40-24-14-13-15-32(40)25-26-45(46)55-49)48-52-43(35-20-9-3-10-21-35)31-44(53-48)36-22-11-4-12-23-36/h1-31H. The Bertz CT molecular complexity index is 2700. The maximum Gasteiger partial charge on any atom is 0.227 e. The van der Waals surface area contributed by atoms with Crippen LogP contribution in [0, 0.1) is 0 Å². The Morgan fingerprint density at radius 2 is 0.709 bits per heavy atom. The second-order valence-corrected chi connectivity index (χ2v) is 13.3. The highest BCUT2D eigenvalue weighted by molar-refractivity contribution is 6.04. The van der Waals surface area contributed by atoms with Crippen molar-refractivity contribution in [3.05, 3.63) is 188 Å². The molecule has 0 aliphatic heterocycles. The molecular formula is C49H31N5O. The van der Waals surface area contributed by atoms with E-state index in [4.69, 9.17) is 29.3 Å². The number of aromatic nitrogens is 5. The number of hydrogen-bond donors (Lipinski definition) is 0. The molecule has 0 saturated heterocycles. The SMILES string of the molecule is c1ccc(-c2cc(-c3ccccc3)nc(-c3cc(-c4nc(-c5ccccc5)cc(-c5ccccc5)n4)cc(-c4nc5c(ccc6ccccc65)o4)c3)n2)cc1. The van der Waals surface area contributed by atoms with Gasteiger partial charge in [0.2, 0.25) is 5.89 Å². The summed E-state index contributed by atoms with van der Waals surface area (Å²) in [5.74, 6) is 1.61. The van der Waals surface area contributed by atoms with E-state index in [1.807, 2.05) is 103 Å². The minimum atomic E-state index is 0.486. The summed E-state index contributed by atoms with van der Waals surface area (Å²) in [7, 11) is 0. The van der Waals surface area contributed by atoms with E-state index in [2.05, 4.69) is 84.9 Å². The molecule has 0 N–H and O–H groups in total. The second-order valence-electron chi connectivity index (χ2n) is 13.3. The van der Waals surface area contributed by atoms with Crippen LogP contribution >= 0.6 is 0 Å². The lowest BCUT2D eigenvalue weighted by atomic mass is 10.0. The van der Waals surface area contributed by atoms with Crippen LogP contribution in [0.25, 0.3) is 101 Å². The zero-order valence-corrected chi connectivity index (χ0v) is 29.5. The van der Waals surface area contributed by atoms with Crippen LogP contribution in [-0.2, 0) is 0 Å². The molecule has 3 heterocycles. The minimum Gasteiger partial charge on any atom is -0.436 e. The van der Waals surface area contributed by atoms with Gasteiger partial charge in [0, 0.05) is 44.3 Å². The minimum absolute atomic E-state index is 0.486. The molecule has 0 bridgehead atoms. The third-order valence-electron chi connectivity index (χ3n) is 9.71. The summed E-state index contributed by atoms with van der Waals surface area (Å²) in [5, 5.41) is 2.13. The van der Waals surface area contributed by atoms with Crippen LogP contribution < -0.4 is 0 Å².